The van der Waals surface area contributed by atoms with Gasteiger partial charge in [0.15, 0.2) is 0 Å². The van der Waals surface area contributed by atoms with Crippen molar-refractivity contribution in [2.45, 2.75) is 57.2 Å². The minimum absolute atomic E-state index is 0.000719. The van der Waals surface area contributed by atoms with E-state index in [0.29, 0.717) is 42.7 Å². The van der Waals surface area contributed by atoms with Gasteiger partial charge in [0.1, 0.15) is 70.6 Å². The number of hydrogen-bond acceptors (Lipinski definition) is 14. The summed E-state index contributed by atoms with van der Waals surface area (Å²) in [6.45, 7) is 8.58. The zero-order chi connectivity index (χ0) is 51.3. The number of carbonyl (C=O) groups is 4. The molecule has 1 saturated heterocycles. The number of amides is 3. The van der Waals surface area contributed by atoms with Crippen molar-refractivity contribution in [3.63, 3.8) is 0 Å². The standard InChI is InChI=1S/C27H27N5O4.C25H26N4O3.C3H3ClO/c1-2-23(33)31-14-6-7-18(15-31)22-16-32(27(34)24-25(28)29-17-30-26(24)36-22)19-10-12-21(13-11-19)35-20-8-4-3-5-9-20;26-23-22-24(28-16-27-23)32-21(17-7-3-1-4-8-17)15-29(25(22)30)18-11-13-20(14-12-18)31-19-9-5-2-6-10-19;1-2-3(4)5/h2-5,8-13,17-18,22H,1,6-7,14-16H2,(H2,28,29,30);2,5-6,9-14,16-17,21H,1,3-4,7-8,15H2,(H2,26,27,28);2H,1H2. The minimum atomic E-state index is -0.509. The highest BCUT2D eigenvalue weighted by Gasteiger charge is 2.40. The number of carbonyl (C=O) groups excluding carboxylic acids is 4. The van der Waals surface area contributed by atoms with Crippen molar-refractivity contribution in [1.29, 1.82) is 0 Å². The predicted molar refractivity (Wildman–Crippen MR) is 278 cm³/mol. The predicted octanol–water partition coefficient (Wildman–Crippen LogP) is 9.46. The average molecular weight is 1010 g/mol. The number of nitrogens with zero attached hydrogens (tertiary/aromatic N) is 7. The molecule has 376 valence electrons. The normalized spacial score (nSPS) is 18.5. The Kier molecular flexibility index (Phi) is 16.9. The van der Waals surface area contributed by atoms with Gasteiger partial charge in [0.05, 0.1) is 13.1 Å². The van der Waals surface area contributed by atoms with Crippen LogP contribution in [0.15, 0.2) is 147 Å². The highest BCUT2D eigenvalue weighted by Crippen LogP contribution is 2.37. The Morgan fingerprint density at radius 2 is 1.00 bits per heavy atom. The summed E-state index contributed by atoms with van der Waals surface area (Å²) < 4.78 is 24.4. The zero-order valence-corrected chi connectivity index (χ0v) is 40.9. The molecule has 3 atom stereocenters. The van der Waals surface area contributed by atoms with Crippen LogP contribution in [0.3, 0.4) is 0 Å². The molecule has 10 rings (SSSR count). The van der Waals surface area contributed by atoms with E-state index < -0.39 is 11.3 Å². The summed E-state index contributed by atoms with van der Waals surface area (Å²) in [6.07, 6.45) is 12.0. The highest BCUT2D eigenvalue weighted by atomic mass is 35.5. The molecule has 0 spiro atoms. The van der Waals surface area contributed by atoms with E-state index in [0.717, 1.165) is 48.9 Å². The van der Waals surface area contributed by atoms with Gasteiger partial charge < -0.3 is 45.1 Å². The number of anilines is 4. The van der Waals surface area contributed by atoms with Crippen molar-refractivity contribution in [3.8, 4) is 34.8 Å². The van der Waals surface area contributed by atoms with Gasteiger partial charge in [0, 0.05) is 30.4 Å². The summed E-state index contributed by atoms with van der Waals surface area (Å²) in [7, 11) is 0. The number of nitrogen functional groups attached to an aromatic ring is 2. The number of nitrogens with two attached hydrogens (primary N) is 2. The molecule has 4 aromatic carbocycles. The maximum Gasteiger partial charge on any atom is 0.267 e. The maximum atomic E-state index is 13.7. The lowest BCUT2D eigenvalue weighted by Gasteiger charge is -2.37. The van der Waals surface area contributed by atoms with Crippen molar-refractivity contribution >= 4 is 57.6 Å². The van der Waals surface area contributed by atoms with Gasteiger partial charge in [0.25, 0.3) is 11.8 Å². The Bertz CT molecular complexity index is 2890. The molecule has 0 radical (unpaired) electrons. The quantitative estimate of drug-likeness (QED) is 0.0965. The van der Waals surface area contributed by atoms with Crippen LogP contribution in [0.25, 0.3) is 0 Å². The van der Waals surface area contributed by atoms with Gasteiger partial charge in [-0.2, -0.15) is 0 Å². The Morgan fingerprint density at radius 3 is 1.44 bits per heavy atom. The van der Waals surface area contributed by atoms with Crippen LogP contribution in [0.2, 0.25) is 0 Å². The first-order valence-corrected chi connectivity index (χ1v) is 24.4. The van der Waals surface area contributed by atoms with Crippen LogP contribution in [0.5, 0.6) is 34.8 Å². The Balaban J connectivity index is 0.000000179. The molecule has 4 N–H and O–H groups in total. The molecule has 2 fully saturated rings. The molecule has 2 aromatic heterocycles. The number of hydrogen-bond donors (Lipinski definition) is 2. The molecule has 5 heterocycles. The number of likely N-dealkylation sites (tertiary alicyclic amines) is 1. The van der Waals surface area contributed by atoms with E-state index in [1.54, 1.807) is 14.7 Å². The van der Waals surface area contributed by atoms with E-state index in [1.165, 1.54) is 38.0 Å². The molecule has 1 saturated carbocycles. The van der Waals surface area contributed by atoms with Crippen molar-refractivity contribution < 1.29 is 38.1 Å². The average Bonchev–Trinajstić information content (AvgIpc) is 3.68. The van der Waals surface area contributed by atoms with Crippen LogP contribution in [0.1, 0.15) is 65.7 Å². The van der Waals surface area contributed by atoms with E-state index >= 15 is 0 Å². The first-order chi connectivity index (χ1) is 35.5. The molecule has 3 unspecified atom stereocenters. The van der Waals surface area contributed by atoms with Gasteiger partial charge in [-0.1, -0.05) is 68.8 Å². The number of allylic oxidation sites excluding steroid dienone is 1. The van der Waals surface area contributed by atoms with Crippen LogP contribution in [0, 0.1) is 11.8 Å². The van der Waals surface area contributed by atoms with Gasteiger partial charge in [-0.05, 0) is 128 Å². The van der Waals surface area contributed by atoms with Crippen LogP contribution < -0.4 is 40.2 Å². The first kappa shape index (κ1) is 51.1. The third-order valence-corrected chi connectivity index (χ3v) is 13.1. The van der Waals surface area contributed by atoms with E-state index in [1.807, 2.05) is 109 Å². The summed E-state index contributed by atoms with van der Waals surface area (Å²) in [5, 5.41) is -0.509. The van der Waals surface area contributed by atoms with E-state index in [-0.39, 0.29) is 70.8 Å². The second-order valence-electron chi connectivity index (χ2n) is 17.6. The number of ether oxygens (including phenoxy) is 4. The number of piperidine rings is 1. The third kappa shape index (κ3) is 12.8. The van der Waals surface area contributed by atoms with Gasteiger partial charge >= 0.3 is 0 Å². The Hall–Kier alpha value is -8.31. The lowest BCUT2D eigenvalue weighted by Crippen LogP contribution is -2.48. The number of fused-ring (bicyclic) bond motifs is 2. The summed E-state index contributed by atoms with van der Waals surface area (Å²) in [6, 6.07) is 33.8. The molecular formula is C55H56ClN9O8. The molecule has 4 aliphatic rings. The van der Waals surface area contributed by atoms with Gasteiger partial charge in [-0.25, -0.2) is 19.9 Å². The van der Waals surface area contributed by atoms with Crippen LogP contribution in [-0.2, 0) is 9.59 Å². The molecular weight excluding hydrogens is 950 g/mol. The Labute approximate surface area is 428 Å². The monoisotopic (exact) mass is 1010 g/mol. The molecule has 6 aromatic rings. The van der Waals surface area contributed by atoms with Crippen molar-refractivity contribution in [2.24, 2.45) is 11.8 Å². The van der Waals surface area contributed by atoms with Gasteiger partial charge in [0.2, 0.25) is 22.9 Å². The second kappa shape index (κ2) is 24.2. The van der Waals surface area contributed by atoms with Gasteiger partial charge in [-0.3, -0.25) is 19.2 Å². The summed E-state index contributed by atoms with van der Waals surface area (Å²) in [4.78, 5) is 70.5. The van der Waals surface area contributed by atoms with Crippen molar-refractivity contribution in [3.05, 3.63) is 158 Å². The number of aromatic nitrogens is 4. The smallest absolute Gasteiger partial charge is 0.267 e. The van der Waals surface area contributed by atoms with Crippen LogP contribution >= 0.6 is 11.6 Å². The number of benzene rings is 4. The third-order valence-electron chi connectivity index (χ3n) is 12.9. The second-order valence-corrected chi connectivity index (χ2v) is 18.0. The van der Waals surface area contributed by atoms with Crippen LogP contribution in [-0.4, -0.2) is 86.2 Å². The van der Waals surface area contributed by atoms with E-state index in [9.17, 15) is 19.2 Å². The molecule has 3 amide bonds. The minimum Gasteiger partial charge on any atom is -0.471 e. The lowest BCUT2D eigenvalue weighted by molar-refractivity contribution is -0.128. The largest absolute Gasteiger partial charge is 0.471 e. The van der Waals surface area contributed by atoms with Crippen molar-refractivity contribution in [2.75, 3.05) is 47.4 Å². The van der Waals surface area contributed by atoms with Crippen molar-refractivity contribution in [1.82, 2.24) is 24.8 Å². The first-order valence-electron chi connectivity index (χ1n) is 24.1. The molecule has 73 heavy (non-hydrogen) atoms. The summed E-state index contributed by atoms with van der Waals surface area (Å²) in [5.41, 5.74) is 14.0. The van der Waals surface area contributed by atoms with E-state index in [2.05, 4.69) is 33.1 Å². The fourth-order valence-corrected chi connectivity index (χ4v) is 9.22. The van der Waals surface area contributed by atoms with E-state index in [4.69, 9.17) is 42.0 Å². The summed E-state index contributed by atoms with van der Waals surface area (Å²) >= 11 is 4.71. The Morgan fingerprint density at radius 1 is 0.575 bits per heavy atom. The lowest BCUT2D eigenvalue weighted by atomic mass is 9.85. The van der Waals surface area contributed by atoms with Crippen LogP contribution in [0.4, 0.5) is 23.0 Å². The fourth-order valence-electron chi connectivity index (χ4n) is 9.22. The molecule has 3 aliphatic heterocycles. The fraction of sp³-hybridized carbons (Fsp3) is 0.273. The molecule has 0 bridgehead atoms. The number of para-hydroxylation sites is 2. The molecule has 17 nitrogen and oxygen atoms in total. The summed E-state index contributed by atoms with van der Waals surface area (Å²) in [5.74, 6) is 3.16. The topological polar surface area (TPSA) is 219 Å². The molecule has 1 aliphatic carbocycles. The SMILES string of the molecule is C=CC(=O)Cl.C=CC(=O)N1CCCC(C2CN(c3ccc(Oc4ccccc4)cc3)C(=O)c3c(N)ncnc3O2)C1.Nc1ncnc2c1C(=O)N(c1ccc(Oc3ccccc3)cc1)CC(C1CCCCC1)O2. The highest BCUT2D eigenvalue weighted by molar-refractivity contribution is 6.66. The molecule has 18 heteroatoms. The zero-order valence-electron chi connectivity index (χ0n) is 40.1. The number of rotatable bonds is 10. The number of halogens is 1. The maximum absolute atomic E-state index is 13.7. The van der Waals surface area contributed by atoms with Gasteiger partial charge in [-0.15, -0.1) is 0 Å².